The van der Waals surface area contributed by atoms with Gasteiger partial charge < -0.3 is 45.4 Å². The molecule has 7 N–H and O–H groups in total. The minimum Gasteiger partial charge on any atom is -0.394 e. The molecule has 0 bridgehead atoms. The Bertz CT molecular complexity index is 1070. The highest BCUT2D eigenvalue weighted by atomic mass is 16.7. The SMILES string of the molecule is CCCCCCCCCCCCCCCCCCCCCCCCCCCCCCC(=O)N[C@@H](CO[C@@H]1O[C@H](CO)[C@@H](O)C(O)C1O)[C@H](O)[C@H](O)CCCCCCCCCCCCCCCCCC. The van der Waals surface area contributed by atoms with Gasteiger partial charge in [-0.2, -0.15) is 0 Å². The molecule has 0 aromatic heterocycles. The fourth-order valence-corrected chi connectivity index (χ4v) is 10.2. The van der Waals surface area contributed by atoms with Crippen LogP contribution >= 0.6 is 0 Å². The molecule has 10 heteroatoms. The zero-order valence-electron chi connectivity index (χ0n) is 45.5. The molecular weight excluding hydrogens is 867 g/mol. The fraction of sp³-hybridized carbons (Fsp3) is 0.983. The number of hydrogen-bond donors (Lipinski definition) is 7. The molecule has 1 aliphatic heterocycles. The standard InChI is InChI=1S/C59H117NO9/c1-3-5-7-9-11-13-15-17-19-21-22-23-24-25-26-27-28-29-30-31-32-34-36-38-40-42-44-46-48-54(63)60-51(50-68-59-58(67)57(66)56(65)53(49-61)69-59)55(64)52(62)47-45-43-41-39-37-35-33-20-18-16-14-12-10-8-6-4-2/h51-53,55-59,61-62,64-67H,3-50H2,1-2H3,(H,60,63)/t51-,52+,53+,55-,56+,57?,58?,59+/m0/s1. The molecule has 1 heterocycles. The molecule has 412 valence electrons. The first-order valence-corrected chi connectivity index (χ1v) is 30.3. The first-order valence-electron chi connectivity index (χ1n) is 30.3. The van der Waals surface area contributed by atoms with Crippen LogP contribution < -0.4 is 5.32 Å². The molecule has 1 saturated heterocycles. The van der Waals surface area contributed by atoms with E-state index in [0.717, 1.165) is 38.5 Å². The smallest absolute Gasteiger partial charge is 0.220 e. The van der Waals surface area contributed by atoms with E-state index in [1.54, 1.807) is 0 Å². The Hall–Kier alpha value is -0.850. The summed E-state index contributed by atoms with van der Waals surface area (Å²) in [7, 11) is 0. The van der Waals surface area contributed by atoms with Gasteiger partial charge in [0.1, 0.15) is 30.5 Å². The van der Waals surface area contributed by atoms with Gasteiger partial charge in [-0.25, -0.2) is 0 Å². The van der Waals surface area contributed by atoms with Crippen molar-refractivity contribution in [2.45, 2.75) is 358 Å². The van der Waals surface area contributed by atoms with Crippen molar-refractivity contribution in [3.63, 3.8) is 0 Å². The maximum Gasteiger partial charge on any atom is 0.220 e. The van der Waals surface area contributed by atoms with Gasteiger partial charge in [0.15, 0.2) is 6.29 Å². The molecule has 10 nitrogen and oxygen atoms in total. The number of amides is 1. The van der Waals surface area contributed by atoms with Crippen LogP contribution in [0.25, 0.3) is 0 Å². The van der Waals surface area contributed by atoms with Crippen LogP contribution in [0.1, 0.15) is 309 Å². The van der Waals surface area contributed by atoms with Gasteiger partial charge in [0.2, 0.25) is 5.91 Å². The Morgan fingerprint density at radius 3 is 1.07 bits per heavy atom. The Kier molecular flexibility index (Phi) is 47.3. The highest BCUT2D eigenvalue weighted by Crippen LogP contribution is 2.24. The predicted molar refractivity (Wildman–Crippen MR) is 287 cm³/mol. The average Bonchev–Trinajstić information content (AvgIpc) is 3.35. The summed E-state index contributed by atoms with van der Waals surface area (Å²) < 4.78 is 11.2. The molecule has 0 radical (unpaired) electrons. The quantitative estimate of drug-likeness (QED) is 0.0293. The van der Waals surface area contributed by atoms with E-state index in [1.807, 2.05) is 0 Å². The lowest BCUT2D eigenvalue weighted by atomic mass is 9.98. The zero-order chi connectivity index (χ0) is 50.3. The van der Waals surface area contributed by atoms with Crippen LogP contribution in [0.15, 0.2) is 0 Å². The third-order valence-corrected chi connectivity index (χ3v) is 15.1. The van der Waals surface area contributed by atoms with Crippen molar-refractivity contribution in [2.24, 2.45) is 0 Å². The Balaban J connectivity index is 2.18. The second-order valence-corrected chi connectivity index (χ2v) is 21.7. The number of aliphatic hydroxyl groups excluding tert-OH is 6. The van der Waals surface area contributed by atoms with Crippen molar-refractivity contribution < 1.29 is 44.9 Å². The molecule has 0 aromatic carbocycles. The number of ether oxygens (including phenoxy) is 2. The van der Waals surface area contributed by atoms with Gasteiger partial charge in [-0.1, -0.05) is 290 Å². The van der Waals surface area contributed by atoms with E-state index >= 15 is 0 Å². The summed E-state index contributed by atoms with van der Waals surface area (Å²) in [6.07, 6.45) is 48.5. The first kappa shape index (κ1) is 66.2. The van der Waals surface area contributed by atoms with Crippen molar-refractivity contribution in [3.8, 4) is 0 Å². The topological polar surface area (TPSA) is 169 Å². The van der Waals surface area contributed by atoms with Crippen LogP contribution in [-0.4, -0.2) is 98.7 Å². The molecule has 8 atom stereocenters. The summed E-state index contributed by atoms with van der Waals surface area (Å²) in [6, 6.07) is -0.986. The molecular formula is C59H117NO9. The lowest BCUT2D eigenvalue weighted by Gasteiger charge is -2.40. The number of carbonyl (C=O) groups is 1. The monoisotopic (exact) mass is 984 g/mol. The van der Waals surface area contributed by atoms with Crippen LogP contribution in [0.4, 0.5) is 0 Å². The Morgan fingerprint density at radius 1 is 0.449 bits per heavy atom. The number of nitrogens with one attached hydrogen (secondary N) is 1. The van der Waals surface area contributed by atoms with Crippen LogP contribution in [0.5, 0.6) is 0 Å². The second-order valence-electron chi connectivity index (χ2n) is 21.7. The second kappa shape index (κ2) is 49.4. The number of unbranched alkanes of at least 4 members (excludes halogenated alkanes) is 42. The highest BCUT2D eigenvalue weighted by Gasteiger charge is 2.44. The molecule has 0 aromatic rings. The van der Waals surface area contributed by atoms with Crippen LogP contribution in [0.3, 0.4) is 0 Å². The normalized spacial score (nSPS) is 19.8. The van der Waals surface area contributed by atoms with Crippen LogP contribution in [0.2, 0.25) is 0 Å². The molecule has 0 saturated carbocycles. The number of hydrogen-bond acceptors (Lipinski definition) is 9. The van der Waals surface area contributed by atoms with Crippen LogP contribution in [-0.2, 0) is 14.3 Å². The van der Waals surface area contributed by atoms with Gasteiger partial charge in [-0.05, 0) is 12.8 Å². The lowest BCUT2D eigenvalue weighted by molar-refractivity contribution is -0.303. The van der Waals surface area contributed by atoms with Crippen molar-refractivity contribution in [1.82, 2.24) is 5.32 Å². The van der Waals surface area contributed by atoms with E-state index in [4.69, 9.17) is 9.47 Å². The number of carbonyl (C=O) groups excluding carboxylic acids is 1. The minimum atomic E-state index is -1.60. The molecule has 1 amide bonds. The van der Waals surface area contributed by atoms with Gasteiger partial charge in [-0.15, -0.1) is 0 Å². The average molecular weight is 985 g/mol. The fourth-order valence-electron chi connectivity index (χ4n) is 10.2. The molecule has 0 spiro atoms. The third kappa shape index (κ3) is 38.4. The van der Waals surface area contributed by atoms with Gasteiger partial charge >= 0.3 is 0 Å². The predicted octanol–water partition coefficient (Wildman–Crippen LogP) is 14.0. The van der Waals surface area contributed by atoms with Crippen molar-refractivity contribution in [1.29, 1.82) is 0 Å². The Labute approximate surface area is 426 Å². The molecule has 69 heavy (non-hydrogen) atoms. The van der Waals surface area contributed by atoms with E-state index in [9.17, 15) is 35.4 Å². The maximum absolute atomic E-state index is 13.1. The van der Waals surface area contributed by atoms with Crippen molar-refractivity contribution in [3.05, 3.63) is 0 Å². The number of rotatable bonds is 53. The largest absolute Gasteiger partial charge is 0.394 e. The summed E-state index contributed by atoms with van der Waals surface area (Å²) in [5, 5.41) is 65.6. The lowest BCUT2D eigenvalue weighted by Crippen LogP contribution is -2.60. The molecule has 2 unspecified atom stereocenters. The van der Waals surface area contributed by atoms with Crippen molar-refractivity contribution in [2.75, 3.05) is 13.2 Å². The van der Waals surface area contributed by atoms with E-state index in [2.05, 4.69) is 19.2 Å². The van der Waals surface area contributed by atoms with Gasteiger partial charge in [0, 0.05) is 6.42 Å². The molecule has 1 fully saturated rings. The zero-order valence-corrected chi connectivity index (χ0v) is 45.5. The molecule has 0 aliphatic carbocycles. The summed E-state index contributed by atoms with van der Waals surface area (Å²) in [6.45, 7) is 3.66. The number of aliphatic hydroxyl groups is 6. The highest BCUT2D eigenvalue weighted by molar-refractivity contribution is 5.76. The summed E-state index contributed by atoms with van der Waals surface area (Å²) >= 11 is 0. The molecule has 1 rings (SSSR count). The van der Waals surface area contributed by atoms with Gasteiger partial charge in [0.25, 0.3) is 0 Å². The summed E-state index contributed by atoms with van der Waals surface area (Å²) in [5.41, 5.74) is 0. The van der Waals surface area contributed by atoms with Crippen molar-refractivity contribution >= 4 is 5.91 Å². The Morgan fingerprint density at radius 2 is 0.754 bits per heavy atom. The first-order chi connectivity index (χ1) is 33.8. The van der Waals surface area contributed by atoms with E-state index < -0.39 is 55.6 Å². The molecule has 1 aliphatic rings. The van der Waals surface area contributed by atoms with E-state index in [0.29, 0.717) is 6.42 Å². The summed E-state index contributed by atoms with van der Waals surface area (Å²) in [5.74, 6) is -0.249. The van der Waals surface area contributed by atoms with E-state index in [-0.39, 0.29) is 18.9 Å². The van der Waals surface area contributed by atoms with Gasteiger partial charge in [-0.3, -0.25) is 4.79 Å². The summed E-state index contributed by atoms with van der Waals surface area (Å²) in [4.78, 5) is 13.1. The van der Waals surface area contributed by atoms with Crippen LogP contribution in [0, 0.1) is 0 Å². The minimum absolute atomic E-state index is 0.249. The maximum atomic E-state index is 13.1. The van der Waals surface area contributed by atoms with Gasteiger partial charge in [0.05, 0.1) is 25.4 Å². The third-order valence-electron chi connectivity index (χ3n) is 15.1. The van der Waals surface area contributed by atoms with E-state index in [1.165, 1.54) is 244 Å².